The molecule has 0 heterocycles. The van der Waals surface area contributed by atoms with Crippen LogP contribution < -0.4 is 15.5 Å². The molecule has 0 saturated heterocycles. The summed E-state index contributed by atoms with van der Waals surface area (Å²) in [5.74, 6) is 0.723. The molecule has 0 fully saturated rings. The number of rotatable bonds is 6. The van der Waals surface area contributed by atoms with Gasteiger partial charge in [0, 0.05) is 15.7 Å². The summed E-state index contributed by atoms with van der Waals surface area (Å²) in [6.45, 7) is 6.11. The van der Waals surface area contributed by atoms with E-state index < -0.39 is 0 Å². The van der Waals surface area contributed by atoms with Gasteiger partial charge in [0.1, 0.15) is 12.4 Å². The second kappa shape index (κ2) is 9.20. The molecule has 0 spiro atoms. The highest BCUT2D eigenvalue weighted by atomic mass is 79.9. The van der Waals surface area contributed by atoms with E-state index in [4.69, 9.17) is 17.0 Å². The molecular weight excluding hydrogens is 386 g/mol. The SMILES string of the molecule is C=CCOc1ccc(Br)cc1/C=N\NC(=S)Nc1cccc(C)c1. The molecule has 2 aromatic carbocycles. The molecule has 0 aliphatic rings. The topological polar surface area (TPSA) is 45.6 Å². The number of hydrogen-bond donors (Lipinski definition) is 2. The van der Waals surface area contributed by atoms with E-state index in [1.807, 2.05) is 49.4 Å². The number of hydrazone groups is 1. The Balaban J connectivity index is 1.99. The third-order valence-corrected chi connectivity index (χ3v) is 3.66. The van der Waals surface area contributed by atoms with Gasteiger partial charge in [0.25, 0.3) is 0 Å². The summed E-state index contributed by atoms with van der Waals surface area (Å²) in [5.41, 5.74) is 5.70. The van der Waals surface area contributed by atoms with Crippen molar-refractivity contribution < 1.29 is 4.74 Å². The van der Waals surface area contributed by atoms with Gasteiger partial charge in [-0.1, -0.05) is 40.7 Å². The van der Waals surface area contributed by atoms with Gasteiger partial charge in [-0.05, 0) is 55.0 Å². The van der Waals surface area contributed by atoms with E-state index in [-0.39, 0.29) is 0 Å². The van der Waals surface area contributed by atoms with Crippen molar-refractivity contribution in [2.24, 2.45) is 5.10 Å². The minimum Gasteiger partial charge on any atom is -0.489 e. The number of thiocarbonyl (C=S) groups is 1. The highest BCUT2D eigenvalue weighted by molar-refractivity contribution is 9.10. The van der Waals surface area contributed by atoms with Gasteiger partial charge in [-0.3, -0.25) is 5.43 Å². The molecule has 124 valence electrons. The molecule has 0 radical (unpaired) electrons. The van der Waals surface area contributed by atoms with Gasteiger partial charge < -0.3 is 10.1 Å². The first-order valence-corrected chi connectivity index (χ1v) is 8.48. The van der Waals surface area contributed by atoms with Crippen molar-refractivity contribution in [2.45, 2.75) is 6.92 Å². The number of nitrogens with one attached hydrogen (secondary N) is 2. The molecule has 0 unspecified atom stereocenters. The largest absolute Gasteiger partial charge is 0.489 e. The normalized spacial score (nSPS) is 10.4. The number of hydrogen-bond acceptors (Lipinski definition) is 3. The van der Waals surface area contributed by atoms with Crippen LogP contribution in [0, 0.1) is 6.92 Å². The Hall–Kier alpha value is -2.18. The minimum atomic E-state index is 0.417. The summed E-state index contributed by atoms with van der Waals surface area (Å²) in [4.78, 5) is 0. The average Bonchev–Trinajstić information content (AvgIpc) is 2.54. The van der Waals surface area contributed by atoms with Gasteiger partial charge in [-0.25, -0.2) is 0 Å². The smallest absolute Gasteiger partial charge is 0.191 e. The molecule has 0 saturated carbocycles. The summed E-state index contributed by atoms with van der Waals surface area (Å²) in [6, 6.07) is 13.6. The third-order valence-electron chi connectivity index (χ3n) is 2.97. The van der Waals surface area contributed by atoms with Crippen molar-refractivity contribution in [3.05, 3.63) is 70.7 Å². The predicted octanol–water partition coefficient (Wildman–Crippen LogP) is 4.64. The fourth-order valence-electron chi connectivity index (χ4n) is 1.94. The van der Waals surface area contributed by atoms with Gasteiger partial charge in [0.2, 0.25) is 0 Å². The Morgan fingerprint density at radius 3 is 2.92 bits per heavy atom. The number of anilines is 1. The van der Waals surface area contributed by atoms with Gasteiger partial charge >= 0.3 is 0 Å². The lowest BCUT2D eigenvalue weighted by atomic mass is 10.2. The Morgan fingerprint density at radius 2 is 2.17 bits per heavy atom. The highest BCUT2D eigenvalue weighted by Gasteiger charge is 2.02. The van der Waals surface area contributed by atoms with Crippen LogP contribution in [0.2, 0.25) is 0 Å². The van der Waals surface area contributed by atoms with Crippen LogP contribution in [0.4, 0.5) is 5.69 Å². The maximum atomic E-state index is 5.60. The van der Waals surface area contributed by atoms with Crippen molar-refractivity contribution in [1.29, 1.82) is 0 Å². The van der Waals surface area contributed by atoms with E-state index >= 15 is 0 Å². The molecule has 0 atom stereocenters. The summed E-state index contributed by atoms with van der Waals surface area (Å²) in [6.07, 6.45) is 3.36. The number of benzene rings is 2. The molecule has 0 amide bonds. The zero-order valence-corrected chi connectivity index (χ0v) is 15.7. The van der Waals surface area contributed by atoms with Crippen LogP contribution in [0.25, 0.3) is 0 Å². The molecule has 0 aromatic heterocycles. The lowest BCUT2D eigenvalue weighted by Crippen LogP contribution is -2.23. The average molecular weight is 404 g/mol. The lowest BCUT2D eigenvalue weighted by Gasteiger charge is -2.09. The zero-order valence-electron chi connectivity index (χ0n) is 13.3. The first-order valence-electron chi connectivity index (χ1n) is 7.28. The van der Waals surface area contributed by atoms with Crippen LogP contribution in [0.3, 0.4) is 0 Å². The summed E-state index contributed by atoms with van der Waals surface area (Å²) < 4.78 is 6.54. The summed E-state index contributed by atoms with van der Waals surface area (Å²) in [7, 11) is 0. The van der Waals surface area contributed by atoms with Crippen LogP contribution in [-0.4, -0.2) is 17.9 Å². The second-order valence-electron chi connectivity index (χ2n) is 4.98. The Kier molecular flexibility index (Phi) is 6.96. The third kappa shape index (κ3) is 5.79. The molecule has 24 heavy (non-hydrogen) atoms. The van der Waals surface area contributed by atoms with Crippen LogP contribution in [-0.2, 0) is 0 Å². The van der Waals surface area contributed by atoms with Crippen molar-refractivity contribution in [3.8, 4) is 5.75 Å². The van der Waals surface area contributed by atoms with Gasteiger partial charge in [-0.2, -0.15) is 5.10 Å². The molecule has 2 aromatic rings. The Labute approximate surface area is 155 Å². The number of halogens is 1. The summed E-state index contributed by atoms with van der Waals surface area (Å²) in [5, 5.41) is 7.66. The van der Waals surface area contributed by atoms with E-state index in [1.165, 1.54) is 0 Å². The maximum absolute atomic E-state index is 5.60. The van der Waals surface area contributed by atoms with E-state index in [2.05, 4.69) is 38.4 Å². The van der Waals surface area contributed by atoms with E-state index in [0.717, 1.165) is 27.0 Å². The lowest BCUT2D eigenvalue weighted by molar-refractivity contribution is 0.362. The number of aryl methyl sites for hydroxylation is 1. The Morgan fingerprint density at radius 1 is 1.33 bits per heavy atom. The summed E-state index contributed by atoms with van der Waals surface area (Å²) >= 11 is 8.67. The highest BCUT2D eigenvalue weighted by Crippen LogP contribution is 2.21. The van der Waals surface area contributed by atoms with E-state index in [0.29, 0.717) is 11.7 Å². The number of nitrogens with zero attached hydrogens (tertiary/aromatic N) is 1. The molecule has 0 aliphatic carbocycles. The van der Waals surface area contributed by atoms with Crippen molar-refractivity contribution in [2.75, 3.05) is 11.9 Å². The van der Waals surface area contributed by atoms with Gasteiger partial charge in [-0.15, -0.1) is 0 Å². The van der Waals surface area contributed by atoms with Crippen molar-refractivity contribution in [1.82, 2.24) is 5.43 Å². The Bertz CT molecular complexity index is 762. The van der Waals surface area contributed by atoms with Crippen molar-refractivity contribution >= 4 is 45.2 Å². The fraction of sp³-hybridized carbons (Fsp3) is 0.111. The molecule has 2 N–H and O–H groups in total. The molecular formula is C18H18BrN3OS. The fourth-order valence-corrected chi connectivity index (χ4v) is 2.49. The zero-order chi connectivity index (χ0) is 17.4. The number of ether oxygens (including phenoxy) is 1. The van der Waals surface area contributed by atoms with Crippen LogP contribution in [0.5, 0.6) is 5.75 Å². The molecule has 6 heteroatoms. The molecule has 4 nitrogen and oxygen atoms in total. The molecule has 0 bridgehead atoms. The van der Waals surface area contributed by atoms with Gasteiger partial charge in [0.05, 0.1) is 6.21 Å². The van der Waals surface area contributed by atoms with E-state index in [9.17, 15) is 0 Å². The maximum Gasteiger partial charge on any atom is 0.191 e. The first-order chi connectivity index (χ1) is 11.6. The molecule has 2 rings (SSSR count). The monoisotopic (exact) mass is 403 g/mol. The van der Waals surface area contributed by atoms with Crippen molar-refractivity contribution in [3.63, 3.8) is 0 Å². The second-order valence-corrected chi connectivity index (χ2v) is 6.30. The van der Waals surface area contributed by atoms with Crippen LogP contribution in [0.15, 0.2) is 64.7 Å². The van der Waals surface area contributed by atoms with Crippen LogP contribution in [0.1, 0.15) is 11.1 Å². The van der Waals surface area contributed by atoms with E-state index in [1.54, 1.807) is 12.3 Å². The standard InChI is InChI=1S/C18H18BrN3OS/c1-3-9-23-17-8-7-15(19)11-14(17)12-20-22-18(24)21-16-6-4-5-13(2)10-16/h3-8,10-12H,1,9H2,2H3,(H2,21,22,24)/b20-12-. The minimum absolute atomic E-state index is 0.417. The van der Waals surface area contributed by atoms with Gasteiger partial charge in [0.15, 0.2) is 5.11 Å². The first kappa shape index (κ1) is 18.2. The molecule has 0 aliphatic heterocycles. The van der Waals surface area contributed by atoms with Crippen LogP contribution >= 0.6 is 28.1 Å². The predicted molar refractivity (Wildman–Crippen MR) is 108 cm³/mol. The quantitative estimate of drug-likeness (QED) is 0.319.